The number of anilines is 1. The number of urea groups is 1. The second kappa shape index (κ2) is 7.73. The number of para-hydroxylation sites is 1. The largest absolute Gasteiger partial charge is 0.330 e. The molecule has 1 aliphatic carbocycles. The summed E-state index contributed by atoms with van der Waals surface area (Å²) < 4.78 is 23.7. The number of amides is 2. The molecule has 1 saturated carbocycles. The minimum atomic E-state index is -3.19. The third-order valence-electron chi connectivity index (χ3n) is 7.01. The Balaban J connectivity index is 1.55. The topological polar surface area (TPSA) is 66.5 Å². The Labute approximate surface area is 179 Å². The smallest absolute Gasteiger partial charge is 0.322 e. The first-order valence-corrected chi connectivity index (χ1v) is 12.7. The molecule has 1 heterocycles. The summed E-state index contributed by atoms with van der Waals surface area (Å²) in [4.78, 5) is 14.7. The molecule has 1 spiro atoms. The van der Waals surface area contributed by atoms with Gasteiger partial charge in [-0.2, -0.15) is 0 Å². The van der Waals surface area contributed by atoms with Crippen molar-refractivity contribution in [1.29, 1.82) is 0 Å². The fraction of sp³-hybridized carbons (Fsp3) is 0.458. The third kappa shape index (κ3) is 3.97. The first kappa shape index (κ1) is 20.9. The van der Waals surface area contributed by atoms with Crippen molar-refractivity contribution < 1.29 is 13.2 Å². The molecule has 0 radical (unpaired) electrons. The van der Waals surface area contributed by atoms with E-state index in [0.29, 0.717) is 17.8 Å². The number of nitrogens with one attached hydrogen (secondary N) is 1. The maximum absolute atomic E-state index is 12.9. The molecule has 1 aliphatic heterocycles. The van der Waals surface area contributed by atoms with E-state index in [4.69, 9.17) is 0 Å². The zero-order chi connectivity index (χ0) is 21.4. The lowest BCUT2D eigenvalue weighted by molar-refractivity contribution is 0.184. The van der Waals surface area contributed by atoms with Gasteiger partial charge in [-0.25, -0.2) is 13.2 Å². The Kier molecular flexibility index (Phi) is 5.39. The van der Waals surface area contributed by atoms with Crippen molar-refractivity contribution in [2.24, 2.45) is 0 Å². The van der Waals surface area contributed by atoms with Crippen molar-refractivity contribution in [2.75, 3.05) is 17.7 Å². The van der Waals surface area contributed by atoms with Crippen molar-refractivity contribution in [3.05, 3.63) is 65.7 Å². The molecular weight excluding hydrogens is 396 g/mol. The molecule has 2 fully saturated rings. The predicted molar refractivity (Wildman–Crippen MR) is 120 cm³/mol. The van der Waals surface area contributed by atoms with Crippen LogP contribution in [0.3, 0.4) is 0 Å². The zero-order valence-electron chi connectivity index (χ0n) is 17.7. The van der Waals surface area contributed by atoms with E-state index in [-0.39, 0.29) is 22.7 Å². The molecule has 0 unspecified atom stereocenters. The second-order valence-corrected chi connectivity index (χ2v) is 11.1. The predicted octanol–water partition coefficient (Wildman–Crippen LogP) is 4.42. The van der Waals surface area contributed by atoms with E-state index in [2.05, 4.69) is 42.6 Å². The van der Waals surface area contributed by atoms with Crippen LogP contribution in [0.15, 0.2) is 54.6 Å². The Morgan fingerprint density at radius 2 is 1.60 bits per heavy atom. The van der Waals surface area contributed by atoms with E-state index < -0.39 is 9.84 Å². The van der Waals surface area contributed by atoms with Gasteiger partial charge in [0.25, 0.3) is 0 Å². The number of carbonyl (C=O) groups is 1. The first-order valence-electron chi connectivity index (χ1n) is 10.7. The molecule has 2 aliphatic rings. The van der Waals surface area contributed by atoms with Gasteiger partial charge < -0.3 is 5.32 Å². The van der Waals surface area contributed by atoms with Crippen LogP contribution in [-0.4, -0.2) is 32.8 Å². The minimum absolute atomic E-state index is 0.0626. The quantitative estimate of drug-likeness (QED) is 0.770. The van der Waals surface area contributed by atoms with Crippen LogP contribution in [0.25, 0.3) is 0 Å². The molecule has 0 aromatic heterocycles. The van der Waals surface area contributed by atoms with E-state index in [1.54, 1.807) is 11.0 Å². The van der Waals surface area contributed by atoms with E-state index in [1.165, 1.54) is 11.8 Å². The van der Waals surface area contributed by atoms with Crippen LogP contribution in [0.1, 0.15) is 50.2 Å². The van der Waals surface area contributed by atoms with Gasteiger partial charge in [-0.1, -0.05) is 55.5 Å². The van der Waals surface area contributed by atoms with Gasteiger partial charge in [0.05, 0.1) is 17.8 Å². The zero-order valence-corrected chi connectivity index (χ0v) is 18.5. The molecule has 1 saturated heterocycles. The lowest BCUT2D eigenvalue weighted by atomic mass is 9.63. The average Bonchev–Trinajstić information content (AvgIpc) is 3.05. The Hall–Kier alpha value is -2.34. The van der Waals surface area contributed by atoms with Crippen LogP contribution in [0, 0.1) is 0 Å². The molecule has 2 aromatic rings. The summed E-state index contributed by atoms with van der Waals surface area (Å²) in [6.45, 7) is 2.84. The summed E-state index contributed by atoms with van der Waals surface area (Å²) in [5, 5.41) is 3.26. The van der Waals surface area contributed by atoms with Gasteiger partial charge in [0.1, 0.15) is 0 Å². The standard InChI is InChI=1S/C24H30N2O3S/c1-3-23(20-10-5-4-6-11-20)13-15-24(16-14-23)18-26(22(27)25-24)21-12-8-7-9-19(21)17-30(2,28)29/h4-12H,3,13-18H2,1-2H3,(H,25,27)/t23-,24-. The highest BCUT2D eigenvalue weighted by atomic mass is 32.2. The highest BCUT2D eigenvalue weighted by molar-refractivity contribution is 7.89. The second-order valence-electron chi connectivity index (χ2n) is 9.00. The summed E-state index contributed by atoms with van der Waals surface area (Å²) in [7, 11) is -3.19. The Bertz CT molecular complexity index is 1030. The van der Waals surface area contributed by atoms with Crippen LogP contribution >= 0.6 is 0 Å². The van der Waals surface area contributed by atoms with Crippen molar-refractivity contribution in [1.82, 2.24) is 5.32 Å². The van der Waals surface area contributed by atoms with Gasteiger partial charge >= 0.3 is 6.03 Å². The lowest BCUT2D eigenvalue weighted by Crippen LogP contribution is -2.49. The maximum atomic E-state index is 12.9. The molecule has 6 heteroatoms. The highest BCUT2D eigenvalue weighted by Gasteiger charge is 2.49. The van der Waals surface area contributed by atoms with Crippen LogP contribution in [0.2, 0.25) is 0 Å². The van der Waals surface area contributed by atoms with Crippen LogP contribution in [0.4, 0.5) is 10.5 Å². The van der Waals surface area contributed by atoms with Gasteiger partial charge in [0.15, 0.2) is 9.84 Å². The number of nitrogens with zero attached hydrogens (tertiary/aromatic N) is 1. The number of benzene rings is 2. The fourth-order valence-electron chi connectivity index (χ4n) is 5.21. The van der Waals surface area contributed by atoms with E-state index >= 15 is 0 Å². The molecule has 0 bridgehead atoms. The summed E-state index contributed by atoms with van der Waals surface area (Å²) in [5.41, 5.74) is 2.69. The summed E-state index contributed by atoms with van der Waals surface area (Å²) in [5.74, 6) is -0.0626. The number of rotatable bonds is 5. The van der Waals surface area contributed by atoms with Gasteiger partial charge in [0, 0.05) is 11.9 Å². The van der Waals surface area contributed by atoms with Crippen LogP contribution in [-0.2, 0) is 21.0 Å². The van der Waals surface area contributed by atoms with Gasteiger partial charge in [-0.05, 0) is 54.7 Å². The number of sulfone groups is 1. The van der Waals surface area contributed by atoms with Crippen molar-refractivity contribution in [3.8, 4) is 0 Å². The fourth-order valence-corrected chi connectivity index (χ4v) is 6.02. The molecule has 2 amide bonds. The van der Waals surface area contributed by atoms with Crippen molar-refractivity contribution in [3.63, 3.8) is 0 Å². The average molecular weight is 427 g/mol. The van der Waals surface area contributed by atoms with Crippen LogP contribution in [0.5, 0.6) is 0 Å². The van der Waals surface area contributed by atoms with Gasteiger partial charge in [-0.15, -0.1) is 0 Å². The minimum Gasteiger partial charge on any atom is -0.330 e. The lowest BCUT2D eigenvalue weighted by Gasteiger charge is -2.44. The Morgan fingerprint density at radius 1 is 0.967 bits per heavy atom. The summed E-state index contributed by atoms with van der Waals surface area (Å²) in [6.07, 6.45) is 6.23. The summed E-state index contributed by atoms with van der Waals surface area (Å²) in [6, 6.07) is 17.9. The van der Waals surface area contributed by atoms with E-state index in [0.717, 1.165) is 32.1 Å². The number of hydrogen-bond donors (Lipinski definition) is 1. The molecule has 160 valence electrons. The molecule has 30 heavy (non-hydrogen) atoms. The SMILES string of the molecule is CC[C@]1(c2ccccc2)CC[C@]2(CC1)CN(c1ccccc1CS(C)(=O)=O)C(=O)N2. The monoisotopic (exact) mass is 426 g/mol. The molecule has 0 atom stereocenters. The van der Waals surface area contributed by atoms with E-state index in [9.17, 15) is 13.2 Å². The van der Waals surface area contributed by atoms with Gasteiger partial charge in [0.2, 0.25) is 0 Å². The van der Waals surface area contributed by atoms with E-state index in [1.807, 2.05) is 18.2 Å². The highest BCUT2D eigenvalue weighted by Crippen LogP contribution is 2.47. The first-order chi connectivity index (χ1) is 14.3. The number of carbonyl (C=O) groups excluding carboxylic acids is 1. The molecule has 5 nitrogen and oxygen atoms in total. The molecular formula is C24H30N2O3S. The van der Waals surface area contributed by atoms with Crippen molar-refractivity contribution >= 4 is 21.6 Å². The van der Waals surface area contributed by atoms with Gasteiger partial charge in [-0.3, -0.25) is 4.90 Å². The summed E-state index contributed by atoms with van der Waals surface area (Å²) >= 11 is 0. The Morgan fingerprint density at radius 3 is 2.23 bits per heavy atom. The molecule has 2 aromatic carbocycles. The third-order valence-corrected chi connectivity index (χ3v) is 7.84. The number of hydrogen-bond acceptors (Lipinski definition) is 3. The van der Waals surface area contributed by atoms with Crippen molar-refractivity contribution in [2.45, 2.75) is 55.7 Å². The molecule has 4 rings (SSSR count). The normalized spacial score (nSPS) is 26.7. The maximum Gasteiger partial charge on any atom is 0.322 e. The molecule has 1 N–H and O–H groups in total. The van der Waals surface area contributed by atoms with Crippen LogP contribution < -0.4 is 10.2 Å².